The number of hydrogen-bond acceptors (Lipinski definition) is 5. The van der Waals surface area contributed by atoms with Crippen LogP contribution in [0.3, 0.4) is 0 Å². The van der Waals surface area contributed by atoms with Crippen molar-refractivity contribution in [3.63, 3.8) is 0 Å². The first kappa shape index (κ1) is 11.1. The fourth-order valence-electron chi connectivity index (χ4n) is 0.612. The van der Waals surface area contributed by atoms with Gasteiger partial charge in [0.1, 0.15) is 0 Å². The van der Waals surface area contributed by atoms with E-state index in [1.165, 1.54) is 14.2 Å². The summed E-state index contributed by atoms with van der Waals surface area (Å²) in [6, 6.07) is -0.0827. The lowest BCUT2D eigenvalue weighted by molar-refractivity contribution is 0.272. The third kappa shape index (κ3) is 3.84. The van der Waals surface area contributed by atoms with Gasteiger partial charge in [-0.15, -0.1) is 0 Å². The zero-order chi connectivity index (χ0) is 8.91. The average molecular weight is 182 g/mol. The van der Waals surface area contributed by atoms with E-state index in [9.17, 15) is 4.57 Å². The van der Waals surface area contributed by atoms with Crippen molar-refractivity contribution in [1.29, 1.82) is 0 Å². The summed E-state index contributed by atoms with van der Waals surface area (Å²) in [6.45, 7) is 1.80. The highest BCUT2D eigenvalue weighted by Gasteiger charge is 2.23. The van der Waals surface area contributed by atoms with Crippen LogP contribution in [0, 0.1) is 0 Å². The van der Waals surface area contributed by atoms with E-state index in [1.807, 2.05) is 0 Å². The summed E-state index contributed by atoms with van der Waals surface area (Å²) in [7, 11) is -0.187. The van der Waals surface area contributed by atoms with Crippen LogP contribution in [0.5, 0.6) is 0 Å². The van der Waals surface area contributed by atoms with Crippen molar-refractivity contribution in [3.8, 4) is 0 Å². The first-order valence-electron chi connectivity index (χ1n) is 3.24. The Morgan fingerprint density at radius 3 is 2.27 bits per heavy atom. The van der Waals surface area contributed by atoms with Crippen LogP contribution >= 0.6 is 7.60 Å². The molecule has 68 valence electrons. The monoisotopic (exact) mass is 182 g/mol. The second-order valence-electron chi connectivity index (χ2n) is 2.23. The predicted molar refractivity (Wildman–Crippen MR) is 43.3 cm³/mol. The summed E-state index contributed by atoms with van der Waals surface area (Å²) in [5.41, 5.74) is 2.46. The fourth-order valence-corrected chi connectivity index (χ4v) is 1.84. The molecule has 0 aromatic rings. The third-order valence-electron chi connectivity index (χ3n) is 1.34. The summed E-state index contributed by atoms with van der Waals surface area (Å²) in [5.74, 6) is 5.11. The van der Waals surface area contributed by atoms with Crippen molar-refractivity contribution >= 4 is 7.60 Å². The molecule has 1 atom stereocenters. The van der Waals surface area contributed by atoms with Crippen LogP contribution in [0.15, 0.2) is 0 Å². The number of nitrogens with two attached hydrogens (primary N) is 1. The number of rotatable bonds is 5. The van der Waals surface area contributed by atoms with Gasteiger partial charge in [-0.1, -0.05) is 0 Å². The van der Waals surface area contributed by atoms with E-state index in [0.29, 0.717) is 0 Å². The number of hydrazine groups is 1. The summed E-state index contributed by atoms with van der Waals surface area (Å²) in [4.78, 5) is 0. The molecular formula is C5H15N2O3P. The molecule has 0 rings (SSSR count). The molecule has 0 radical (unpaired) electrons. The summed E-state index contributed by atoms with van der Waals surface area (Å²) in [5, 5.41) is 0. The van der Waals surface area contributed by atoms with Gasteiger partial charge >= 0.3 is 7.60 Å². The smallest absolute Gasteiger partial charge is 0.312 e. The van der Waals surface area contributed by atoms with Crippen LogP contribution in [0.4, 0.5) is 0 Å². The van der Waals surface area contributed by atoms with Gasteiger partial charge in [-0.3, -0.25) is 15.8 Å². The Hall–Kier alpha value is 0.0700. The number of nitrogens with one attached hydrogen (secondary N) is 1. The molecule has 0 amide bonds. The van der Waals surface area contributed by atoms with Crippen molar-refractivity contribution in [2.75, 3.05) is 20.4 Å². The lowest BCUT2D eigenvalue weighted by Gasteiger charge is -2.17. The maximum Gasteiger partial charge on any atom is 0.331 e. The van der Waals surface area contributed by atoms with Crippen LogP contribution < -0.4 is 11.3 Å². The van der Waals surface area contributed by atoms with Crippen molar-refractivity contribution in [1.82, 2.24) is 5.43 Å². The molecule has 6 heteroatoms. The molecule has 0 saturated heterocycles. The minimum absolute atomic E-state index is 0.0827. The molecule has 0 heterocycles. The van der Waals surface area contributed by atoms with Gasteiger partial charge in [-0.25, -0.2) is 0 Å². The first-order valence-corrected chi connectivity index (χ1v) is 4.97. The topological polar surface area (TPSA) is 73.6 Å². The van der Waals surface area contributed by atoms with Gasteiger partial charge < -0.3 is 9.05 Å². The van der Waals surface area contributed by atoms with Crippen molar-refractivity contribution in [2.24, 2.45) is 5.84 Å². The Bertz CT molecular complexity index is 145. The Balaban J connectivity index is 3.97. The molecule has 0 aromatic heterocycles. The van der Waals surface area contributed by atoms with Crippen LogP contribution in [0.2, 0.25) is 0 Å². The molecule has 0 spiro atoms. The molecule has 1 unspecified atom stereocenters. The molecule has 5 nitrogen and oxygen atoms in total. The van der Waals surface area contributed by atoms with E-state index in [1.54, 1.807) is 6.92 Å². The van der Waals surface area contributed by atoms with Crippen LogP contribution in [-0.2, 0) is 13.6 Å². The van der Waals surface area contributed by atoms with Gasteiger partial charge in [0.25, 0.3) is 0 Å². The second-order valence-corrected chi connectivity index (χ2v) is 4.54. The van der Waals surface area contributed by atoms with Crippen molar-refractivity contribution < 1.29 is 13.6 Å². The molecule has 11 heavy (non-hydrogen) atoms. The minimum atomic E-state index is -2.90. The molecule has 0 bridgehead atoms. The van der Waals surface area contributed by atoms with Crippen molar-refractivity contribution in [2.45, 2.75) is 13.0 Å². The normalized spacial score (nSPS) is 14.9. The molecule has 0 fully saturated rings. The van der Waals surface area contributed by atoms with Crippen LogP contribution in [0.1, 0.15) is 6.92 Å². The van der Waals surface area contributed by atoms with Gasteiger partial charge in [-0.05, 0) is 6.92 Å². The van der Waals surface area contributed by atoms with E-state index in [2.05, 4.69) is 5.43 Å². The highest BCUT2D eigenvalue weighted by molar-refractivity contribution is 7.53. The van der Waals surface area contributed by atoms with Gasteiger partial charge in [0.15, 0.2) is 0 Å². The van der Waals surface area contributed by atoms with Crippen LogP contribution in [0.25, 0.3) is 0 Å². The average Bonchev–Trinajstić information content (AvgIpc) is 2.04. The van der Waals surface area contributed by atoms with E-state index in [-0.39, 0.29) is 12.2 Å². The second kappa shape index (κ2) is 4.85. The zero-order valence-corrected chi connectivity index (χ0v) is 7.93. The standard InChI is InChI=1S/C5H15N2O3P/c1-5(7-6)4-11(8,9-2)10-3/h5,7H,4,6H2,1-3H3. The van der Waals surface area contributed by atoms with Gasteiger partial charge in [0, 0.05) is 20.3 Å². The largest absolute Gasteiger partial charge is 0.331 e. The highest BCUT2D eigenvalue weighted by atomic mass is 31.2. The van der Waals surface area contributed by atoms with Gasteiger partial charge in [-0.2, -0.15) is 0 Å². The molecule has 0 aromatic carbocycles. The maximum atomic E-state index is 11.4. The summed E-state index contributed by atoms with van der Waals surface area (Å²) in [6.07, 6.45) is 0.274. The first-order chi connectivity index (χ1) is 5.08. The van der Waals surface area contributed by atoms with Crippen LogP contribution in [-0.4, -0.2) is 26.4 Å². The van der Waals surface area contributed by atoms with E-state index >= 15 is 0 Å². The van der Waals surface area contributed by atoms with E-state index in [0.717, 1.165) is 0 Å². The Morgan fingerprint density at radius 2 is 2.00 bits per heavy atom. The van der Waals surface area contributed by atoms with Gasteiger partial charge in [0.05, 0.1) is 6.16 Å². The third-order valence-corrected chi connectivity index (χ3v) is 3.45. The lowest BCUT2D eigenvalue weighted by Crippen LogP contribution is -2.35. The molecular weight excluding hydrogens is 167 g/mol. The minimum Gasteiger partial charge on any atom is -0.312 e. The molecule has 0 aliphatic heterocycles. The summed E-state index contributed by atoms with van der Waals surface area (Å²) >= 11 is 0. The Morgan fingerprint density at radius 1 is 1.55 bits per heavy atom. The number of hydrogen-bond donors (Lipinski definition) is 2. The highest BCUT2D eigenvalue weighted by Crippen LogP contribution is 2.46. The predicted octanol–water partition coefficient (Wildman–Crippen LogP) is 0.324. The molecule has 0 aliphatic carbocycles. The quantitative estimate of drug-likeness (QED) is 0.364. The van der Waals surface area contributed by atoms with E-state index in [4.69, 9.17) is 14.9 Å². The molecule has 3 N–H and O–H groups in total. The zero-order valence-electron chi connectivity index (χ0n) is 7.03. The van der Waals surface area contributed by atoms with Gasteiger partial charge in [0.2, 0.25) is 0 Å². The van der Waals surface area contributed by atoms with Crippen molar-refractivity contribution in [3.05, 3.63) is 0 Å². The summed E-state index contributed by atoms with van der Waals surface area (Å²) < 4.78 is 20.8. The molecule has 0 saturated carbocycles. The SMILES string of the molecule is COP(=O)(CC(C)NN)OC. The molecule has 0 aliphatic rings. The van der Waals surface area contributed by atoms with E-state index < -0.39 is 7.60 Å². The Kier molecular flexibility index (Phi) is 4.88. The Labute approximate surface area is 66.7 Å². The lowest BCUT2D eigenvalue weighted by atomic mass is 10.4. The fraction of sp³-hybridized carbons (Fsp3) is 1.00. The maximum absolute atomic E-state index is 11.4.